The third kappa shape index (κ3) is 5.69. The second-order valence-electron chi connectivity index (χ2n) is 4.73. The summed E-state index contributed by atoms with van der Waals surface area (Å²) in [6.07, 6.45) is 12.7. The van der Waals surface area contributed by atoms with E-state index < -0.39 is 0 Å². The van der Waals surface area contributed by atoms with Crippen LogP contribution >= 0.6 is 11.3 Å². The molecular weight excluding hydrogens is 212 g/mol. The van der Waals surface area contributed by atoms with E-state index >= 15 is 0 Å². The average Bonchev–Trinajstić information content (AvgIpc) is 2.68. The molecule has 92 valence electrons. The van der Waals surface area contributed by atoms with Gasteiger partial charge in [-0.1, -0.05) is 51.9 Å². The highest BCUT2D eigenvalue weighted by molar-refractivity contribution is 7.10. The van der Waals surface area contributed by atoms with Gasteiger partial charge in [0.15, 0.2) is 0 Å². The standard InChI is InChI=1S/C15H26S/c1-3-4-5-6-7-8-9-10-11-15-12-13-16-14(15)2/h12-13H,3-11H2,1-2H3. The van der Waals surface area contributed by atoms with E-state index in [-0.39, 0.29) is 0 Å². The van der Waals surface area contributed by atoms with Gasteiger partial charge in [0.1, 0.15) is 0 Å². The number of hydrogen-bond donors (Lipinski definition) is 0. The zero-order valence-corrected chi connectivity index (χ0v) is 11.7. The van der Waals surface area contributed by atoms with Crippen molar-refractivity contribution in [1.29, 1.82) is 0 Å². The first kappa shape index (κ1) is 13.8. The van der Waals surface area contributed by atoms with Gasteiger partial charge in [0.2, 0.25) is 0 Å². The Labute approximate surface area is 105 Å². The molecule has 0 aromatic carbocycles. The van der Waals surface area contributed by atoms with Crippen molar-refractivity contribution < 1.29 is 0 Å². The summed E-state index contributed by atoms with van der Waals surface area (Å²) in [5, 5.41) is 2.22. The van der Waals surface area contributed by atoms with Gasteiger partial charge in [-0.3, -0.25) is 0 Å². The van der Waals surface area contributed by atoms with Crippen molar-refractivity contribution in [2.45, 2.75) is 71.6 Å². The first-order valence-corrected chi connectivity index (χ1v) is 7.75. The molecule has 0 saturated carbocycles. The second kappa shape index (κ2) is 8.81. The van der Waals surface area contributed by atoms with Gasteiger partial charge in [-0.15, -0.1) is 11.3 Å². The molecule has 0 radical (unpaired) electrons. The molecule has 0 atom stereocenters. The normalized spacial score (nSPS) is 10.9. The summed E-state index contributed by atoms with van der Waals surface area (Å²) in [6.45, 7) is 4.52. The molecule has 1 aromatic rings. The number of thiophene rings is 1. The minimum Gasteiger partial charge on any atom is -0.149 e. The Hall–Kier alpha value is -0.300. The van der Waals surface area contributed by atoms with Gasteiger partial charge in [-0.25, -0.2) is 0 Å². The summed E-state index contributed by atoms with van der Waals surface area (Å²) in [7, 11) is 0. The Balaban J connectivity index is 1.91. The van der Waals surface area contributed by atoms with Crippen LogP contribution in [0.2, 0.25) is 0 Å². The van der Waals surface area contributed by atoms with E-state index in [0.29, 0.717) is 0 Å². The number of rotatable bonds is 9. The molecule has 1 aromatic heterocycles. The van der Waals surface area contributed by atoms with Crippen LogP contribution in [-0.4, -0.2) is 0 Å². The molecule has 0 aliphatic rings. The van der Waals surface area contributed by atoms with Crippen molar-refractivity contribution in [2.24, 2.45) is 0 Å². The largest absolute Gasteiger partial charge is 0.149 e. The third-order valence-electron chi connectivity index (χ3n) is 3.27. The Bertz CT molecular complexity index is 262. The predicted molar refractivity (Wildman–Crippen MR) is 75.4 cm³/mol. The molecule has 0 spiro atoms. The fourth-order valence-electron chi connectivity index (χ4n) is 2.12. The summed E-state index contributed by atoms with van der Waals surface area (Å²) in [4.78, 5) is 1.52. The monoisotopic (exact) mass is 238 g/mol. The Kier molecular flexibility index (Phi) is 7.58. The Morgan fingerprint density at radius 1 is 0.938 bits per heavy atom. The number of aryl methyl sites for hydroxylation is 2. The highest BCUT2D eigenvalue weighted by Gasteiger charge is 1.98. The summed E-state index contributed by atoms with van der Waals surface area (Å²) in [5.41, 5.74) is 1.58. The van der Waals surface area contributed by atoms with Gasteiger partial charge in [0, 0.05) is 4.88 Å². The van der Waals surface area contributed by atoms with Gasteiger partial charge in [0.25, 0.3) is 0 Å². The zero-order chi connectivity index (χ0) is 11.6. The minimum atomic E-state index is 1.30. The maximum absolute atomic E-state index is 2.29. The lowest BCUT2D eigenvalue weighted by Crippen LogP contribution is -1.86. The molecule has 1 rings (SSSR count). The van der Waals surface area contributed by atoms with Gasteiger partial charge < -0.3 is 0 Å². The lowest BCUT2D eigenvalue weighted by Gasteiger charge is -2.02. The van der Waals surface area contributed by atoms with Gasteiger partial charge in [-0.2, -0.15) is 0 Å². The van der Waals surface area contributed by atoms with Crippen LogP contribution in [0, 0.1) is 6.92 Å². The van der Waals surface area contributed by atoms with Crippen LogP contribution in [0.15, 0.2) is 11.4 Å². The van der Waals surface area contributed by atoms with Crippen molar-refractivity contribution in [3.05, 3.63) is 21.9 Å². The molecule has 1 heteroatoms. The molecule has 0 unspecified atom stereocenters. The van der Waals surface area contributed by atoms with Crippen molar-refractivity contribution in [2.75, 3.05) is 0 Å². The summed E-state index contributed by atoms with van der Waals surface area (Å²) < 4.78 is 0. The van der Waals surface area contributed by atoms with Crippen LogP contribution in [0.1, 0.15) is 68.7 Å². The van der Waals surface area contributed by atoms with Crippen LogP contribution in [0.25, 0.3) is 0 Å². The molecule has 1 heterocycles. The minimum absolute atomic E-state index is 1.30. The van der Waals surface area contributed by atoms with Gasteiger partial charge >= 0.3 is 0 Å². The molecule has 0 saturated heterocycles. The Morgan fingerprint density at radius 3 is 2.12 bits per heavy atom. The fraction of sp³-hybridized carbons (Fsp3) is 0.733. The SMILES string of the molecule is CCCCCCCCCCc1ccsc1C. The van der Waals surface area contributed by atoms with Gasteiger partial charge in [0.05, 0.1) is 0 Å². The first-order valence-electron chi connectivity index (χ1n) is 6.87. The average molecular weight is 238 g/mol. The van der Waals surface area contributed by atoms with Crippen LogP contribution < -0.4 is 0 Å². The highest BCUT2D eigenvalue weighted by atomic mass is 32.1. The van der Waals surface area contributed by atoms with Crippen molar-refractivity contribution in [3.63, 3.8) is 0 Å². The summed E-state index contributed by atoms with van der Waals surface area (Å²) >= 11 is 1.88. The van der Waals surface area contributed by atoms with E-state index in [2.05, 4.69) is 25.3 Å². The van der Waals surface area contributed by atoms with E-state index in [1.54, 1.807) is 5.56 Å². The summed E-state index contributed by atoms with van der Waals surface area (Å²) in [6, 6.07) is 2.29. The lowest BCUT2D eigenvalue weighted by atomic mass is 10.0. The molecular formula is C15H26S. The maximum atomic E-state index is 2.29. The molecule has 0 N–H and O–H groups in total. The molecule has 0 amide bonds. The molecule has 0 fully saturated rings. The van der Waals surface area contributed by atoms with Crippen LogP contribution in [0.4, 0.5) is 0 Å². The highest BCUT2D eigenvalue weighted by Crippen LogP contribution is 2.18. The molecule has 16 heavy (non-hydrogen) atoms. The molecule has 0 nitrogen and oxygen atoms in total. The van der Waals surface area contributed by atoms with Crippen LogP contribution in [0.3, 0.4) is 0 Å². The van der Waals surface area contributed by atoms with E-state index in [0.717, 1.165) is 0 Å². The lowest BCUT2D eigenvalue weighted by molar-refractivity contribution is 0.575. The van der Waals surface area contributed by atoms with Crippen molar-refractivity contribution in [3.8, 4) is 0 Å². The van der Waals surface area contributed by atoms with Crippen molar-refractivity contribution in [1.82, 2.24) is 0 Å². The van der Waals surface area contributed by atoms with E-state index in [1.165, 1.54) is 62.7 Å². The second-order valence-corrected chi connectivity index (χ2v) is 5.85. The van der Waals surface area contributed by atoms with Crippen LogP contribution in [-0.2, 0) is 6.42 Å². The maximum Gasteiger partial charge on any atom is 0.00461 e. The van der Waals surface area contributed by atoms with E-state index in [1.807, 2.05) is 11.3 Å². The quantitative estimate of drug-likeness (QED) is 0.481. The van der Waals surface area contributed by atoms with E-state index in [4.69, 9.17) is 0 Å². The predicted octanol–water partition coefficient (Wildman–Crippen LogP) is 5.74. The van der Waals surface area contributed by atoms with Crippen molar-refractivity contribution >= 4 is 11.3 Å². The van der Waals surface area contributed by atoms with Gasteiger partial charge in [-0.05, 0) is 36.8 Å². The summed E-state index contributed by atoms with van der Waals surface area (Å²) in [5.74, 6) is 0. The fourth-order valence-corrected chi connectivity index (χ4v) is 2.88. The molecule has 0 aliphatic heterocycles. The zero-order valence-electron chi connectivity index (χ0n) is 10.9. The number of hydrogen-bond acceptors (Lipinski definition) is 1. The molecule has 0 bridgehead atoms. The topological polar surface area (TPSA) is 0 Å². The number of unbranched alkanes of at least 4 members (excludes halogenated alkanes) is 7. The third-order valence-corrected chi connectivity index (χ3v) is 4.15. The first-order chi connectivity index (χ1) is 7.84. The molecule has 0 aliphatic carbocycles. The Morgan fingerprint density at radius 2 is 1.56 bits per heavy atom. The van der Waals surface area contributed by atoms with E-state index in [9.17, 15) is 0 Å². The van der Waals surface area contributed by atoms with Crippen LogP contribution in [0.5, 0.6) is 0 Å². The smallest absolute Gasteiger partial charge is 0.00461 e.